The molecule has 0 radical (unpaired) electrons. The predicted octanol–water partition coefficient (Wildman–Crippen LogP) is 5.54. The molecule has 182 valence electrons. The van der Waals surface area contributed by atoms with Gasteiger partial charge in [-0.05, 0) is 61.5 Å². The van der Waals surface area contributed by atoms with E-state index in [0.717, 1.165) is 15.4 Å². The van der Waals surface area contributed by atoms with E-state index in [1.165, 1.54) is 18.2 Å². The number of carbonyl (C=O) groups is 4. The molecule has 1 aliphatic rings. The van der Waals surface area contributed by atoms with Crippen molar-refractivity contribution < 1.29 is 28.7 Å². The summed E-state index contributed by atoms with van der Waals surface area (Å²) in [7, 11) is 0. The highest BCUT2D eigenvalue weighted by molar-refractivity contribution is 6.46. The number of anilines is 2. The van der Waals surface area contributed by atoms with Crippen molar-refractivity contribution >= 4 is 41.3 Å². The third-order valence-electron chi connectivity index (χ3n) is 5.86. The van der Waals surface area contributed by atoms with Gasteiger partial charge in [0.1, 0.15) is 17.1 Å². The second kappa shape index (κ2) is 9.43. The summed E-state index contributed by atoms with van der Waals surface area (Å²) in [4.78, 5) is 53.6. The summed E-state index contributed by atoms with van der Waals surface area (Å²) < 4.78 is 5.83. The van der Waals surface area contributed by atoms with Gasteiger partial charge in [-0.25, -0.2) is 19.4 Å². The largest absolute Gasteiger partial charge is 0.478 e. The van der Waals surface area contributed by atoms with Gasteiger partial charge in [-0.2, -0.15) is 0 Å². The molecule has 5 rings (SSSR count). The Hall–Kier alpha value is -5.24. The van der Waals surface area contributed by atoms with Crippen LogP contribution in [0.3, 0.4) is 0 Å². The van der Waals surface area contributed by atoms with Crippen LogP contribution >= 0.6 is 0 Å². The van der Waals surface area contributed by atoms with E-state index in [4.69, 9.17) is 4.42 Å². The SMILES string of the molecule is Cc1ccc(N2C(=O)/C(=C\c3ccc(-c4cccc(C(=O)O)c4)o3)C(=O)N(c3ccccc3)C2=O)cc1. The second-order valence-corrected chi connectivity index (χ2v) is 8.38. The molecule has 37 heavy (non-hydrogen) atoms. The van der Waals surface area contributed by atoms with Gasteiger partial charge in [0.25, 0.3) is 11.8 Å². The van der Waals surface area contributed by atoms with E-state index in [2.05, 4.69) is 0 Å². The molecule has 8 heteroatoms. The van der Waals surface area contributed by atoms with Gasteiger partial charge >= 0.3 is 12.0 Å². The molecular formula is C29H20N2O6. The van der Waals surface area contributed by atoms with Gasteiger partial charge in [0, 0.05) is 5.56 Å². The Balaban J connectivity index is 1.58. The number of barbiturate groups is 1. The Bertz CT molecular complexity index is 1570. The molecule has 0 aliphatic carbocycles. The molecule has 0 unspecified atom stereocenters. The summed E-state index contributed by atoms with van der Waals surface area (Å²) >= 11 is 0. The molecule has 0 spiro atoms. The van der Waals surface area contributed by atoms with E-state index < -0.39 is 23.8 Å². The van der Waals surface area contributed by atoms with Gasteiger partial charge in [-0.15, -0.1) is 0 Å². The van der Waals surface area contributed by atoms with E-state index in [-0.39, 0.29) is 16.9 Å². The summed E-state index contributed by atoms with van der Waals surface area (Å²) in [5.74, 6) is -2.08. The lowest BCUT2D eigenvalue weighted by Crippen LogP contribution is -2.57. The lowest BCUT2D eigenvalue weighted by Gasteiger charge is -2.33. The van der Waals surface area contributed by atoms with Crippen molar-refractivity contribution in [2.75, 3.05) is 9.80 Å². The van der Waals surface area contributed by atoms with Gasteiger partial charge in [-0.1, -0.05) is 48.0 Å². The fourth-order valence-corrected chi connectivity index (χ4v) is 3.99. The van der Waals surface area contributed by atoms with Crippen LogP contribution in [0.25, 0.3) is 17.4 Å². The van der Waals surface area contributed by atoms with E-state index in [0.29, 0.717) is 22.7 Å². The Kier molecular flexibility index (Phi) is 5.99. The van der Waals surface area contributed by atoms with Crippen molar-refractivity contribution in [2.45, 2.75) is 6.92 Å². The second-order valence-electron chi connectivity index (χ2n) is 8.38. The number of hydrogen-bond acceptors (Lipinski definition) is 5. The van der Waals surface area contributed by atoms with E-state index in [1.807, 2.05) is 6.92 Å². The topological polar surface area (TPSA) is 108 Å². The molecule has 8 nitrogen and oxygen atoms in total. The highest BCUT2D eigenvalue weighted by Crippen LogP contribution is 2.31. The molecule has 0 bridgehead atoms. The molecule has 1 N–H and O–H groups in total. The third kappa shape index (κ3) is 4.43. The molecule has 1 aliphatic heterocycles. The number of urea groups is 1. The molecule has 4 amide bonds. The summed E-state index contributed by atoms with van der Waals surface area (Å²) in [6, 6.07) is 23.8. The van der Waals surface area contributed by atoms with Crippen molar-refractivity contribution in [3.05, 3.63) is 113 Å². The van der Waals surface area contributed by atoms with Gasteiger partial charge in [0.15, 0.2) is 0 Å². The molecule has 2 heterocycles. The number of aryl methyl sites for hydroxylation is 1. The quantitative estimate of drug-likeness (QED) is 0.290. The number of nitrogens with zero attached hydrogens (tertiary/aromatic N) is 2. The summed E-state index contributed by atoms with van der Waals surface area (Å²) in [6.45, 7) is 1.88. The minimum absolute atomic E-state index is 0.0946. The zero-order valence-corrected chi connectivity index (χ0v) is 19.6. The third-order valence-corrected chi connectivity index (χ3v) is 5.86. The smallest absolute Gasteiger partial charge is 0.343 e. The normalized spacial score (nSPS) is 14.9. The van der Waals surface area contributed by atoms with Crippen LogP contribution in [0.4, 0.5) is 16.2 Å². The van der Waals surface area contributed by atoms with Crippen LogP contribution in [0.2, 0.25) is 0 Å². The Morgan fingerprint density at radius 1 is 0.784 bits per heavy atom. The average molecular weight is 492 g/mol. The first-order chi connectivity index (χ1) is 17.8. The number of hydrogen-bond donors (Lipinski definition) is 1. The Labute approximate surface area is 211 Å². The number of imide groups is 2. The molecule has 1 saturated heterocycles. The van der Waals surface area contributed by atoms with Crippen LogP contribution in [-0.4, -0.2) is 28.9 Å². The van der Waals surface area contributed by atoms with Crippen LogP contribution < -0.4 is 9.80 Å². The molecule has 1 fully saturated rings. The maximum Gasteiger partial charge on any atom is 0.343 e. The van der Waals surface area contributed by atoms with Crippen LogP contribution in [0.5, 0.6) is 0 Å². The number of para-hydroxylation sites is 1. The van der Waals surface area contributed by atoms with Crippen molar-refractivity contribution in [3.63, 3.8) is 0 Å². The molecule has 1 aromatic heterocycles. The monoisotopic (exact) mass is 492 g/mol. The van der Waals surface area contributed by atoms with Gasteiger partial charge in [0.2, 0.25) is 0 Å². The number of aromatic carboxylic acids is 1. The van der Waals surface area contributed by atoms with Crippen LogP contribution in [0, 0.1) is 6.92 Å². The van der Waals surface area contributed by atoms with Gasteiger partial charge in [0.05, 0.1) is 16.9 Å². The molecule has 3 aromatic carbocycles. The number of carboxylic acid groups (broad SMARTS) is 1. The Morgan fingerprint density at radius 3 is 2.08 bits per heavy atom. The van der Waals surface area contributed by atoms with Gasteiger partial charge in [-0.3, -0.25) is 9.59 Å². The maximum absolute atomic E-state index is 13.5. The first-order valence-corrected chi connectivity index (χ1v) is 11.3. The zero-order valence-electron chi connectivity index (χ0n) is 19.6. The van der Waals surface area contributed by atoms with E-state index in [9.17, 15) is 24.3 Å². The van der Waals surface area contributed by atoms with Crippen LogP contribution in [-0.2, 0) is 9.59 Å². The maximum atomic E-state index is 13.5. The average Bonchev–Trinajstić information content (AvgIpc) is 3.37. The molecule has 0 atom stereocenters. The highest BCUT2D eigenvalue weighted by atomic mass is 16.4. The minimum Gasteiger partial charge on any atom is -0.478 e. The number of benzene rings is 3. The van der Waals surface area contributed by atoms with Crippen molar-refractivity contribution in [2.24, 2.45) is 0 Å². The van der Waals surface area contributed by atoms with Crippen molar-refractivity contribution in [3.8, 4) is 11.3 Å². The van der Waals surface area contributed by atoms with Gasteiger partial charge < -0.3 is 9.52 Å². The fourth-order valence-electron chi connectivity index (χ4n) is 3.99. The fraction of sp³-hybridized carbons (Fsp3) is 0.0345. The molecule has 0 saturated carbocycles. The highest BCUT2D eigenvalue weighted by Gasteiger charge is 2.43. The van der Waals surface area contributed by atoms with Crippen LogP contribution in [0.1, 0.15) is 21.7 Å². The number of rotatable bonds is 5. The number of amides is 4. The predicted molar refractivity (Wildman–Crippen MR) is 137 cm³/mol. The lowest BCUT2D eigenvalue weighted by molar-refractivity contribution is -0.121. The van der Waals surface area contributed by atoms with E-state index in [1.54, 1.807) is 78.9 Å². The van der Waals surface area contributed by atoms with Crippen molar-refractivity contribution in [1.82, 2.24) is 0 Å². The zero-order chi connectivity index (χ0) is 26.1. The first-order valence-electron chi connectivity index (χ1n) is 11.3. The van der Waals surface area contributed by atoms with Crippen molar-refractivity contribution in [1.29, 1.82) is 0 Å². The first kappa shape index (κ1) is 23.5. The summed E-state index contributed by atoms with van der Waals surface area (Å²) in [6.07, 6.45) is 1.29. The number of furan rings is 1. The lowest BCUT2D eigenvalue weighted by atomic mass is 10.1. The summed E-state index contributed by atoms with van der Waals surface area (Å²) in [5, 5.41) is 9.26. The minimum atomic E-state index is -1.07. The molecular weight excluding hydrogens is 472 g/mol. The number of carbonyl (C=O) groups excluding carboxylic acids is 3. The number of carboxylic acids is 1. The van der Waals surface area contributed by atoms with Crippen LogP contribution in [0.15, 0.2) is 101 Å². The van der Waals surface area contributed by atoms with E-state index >= 15 is 0 Å². The Morgan fingerprint density at radius 2 is 1.43 bits per heavy atom. The molecule has 4 aromatic rings. The summed E-state index contributed by atoms with van der Waals surface area (Å²) in [5.41, 5.74) is 1.95. The standard InChI is InChI=1S/C29H20N2O6/c1-18-10-12-22(13-11-18)31-27(33)24(26(32)30(29(31)36)21-8-3-2-4-9-21)17-23-14-15-25(37-23)19-6-5-7-20(16-19)28(34)35/h2-17H,1H3,(H,34,35)/b24-17-.